The van der Waals surface area contributed by atoms with Gasteiger partial charge < -0.3 is 11.1 Å². The van der Waals surface area contributed by atoms with Crippen molar-refractivity contribution in [1.29, 1.82) is 0 Å². The Morgan fingerprint density at radius 2 is 2.00 bits per heavy atom. The SMILES string of the molecule is Nc1nc(SCC(=O)NCc2ccccc2)nc2sc3c(c12)CCCC3. The van der Waals surface area contributed by atoms with Gasteiger partial charge in [-0.1, -0.05) is 42.1 Å². The molecule has 0 saturated heterocycles. The molecule has 5 nitrogen and oxygen atoms in total. The minimum atomic E-state index is -0.0356. The number of hydrogen-bond acceptors (Lipinski definition) is 6. The van der Waals surface area contributed by atoms with Crippen LogP contribution in [0.5, 0.6) is 0 Å². The van der Waals surface area contributed by atoms with Crippen molar-refractivity contribution in [2.45, 2.75) is 37.4 Å². The number of nitrogens with two attached hydrogens (primary N) is 1. The molecule has 7 heteroatoms. The van der Waals surface area contributed by atoms with Gasteiger partial charge in [-0.25, -0.2) is 9.97 Å². The van der Waals surface area contributed by atoms with Gasteiger partial charge in [0, 0.05) is 11.4 Å². The van der Waals surface area contributed by atoms with Crippen LogP contribution in [0.25, 0.3) is 10.2 Å². The van der Waals surface area contributed by atoms with Crippen molar-refractivity contribution in [3.63, 3.8) is 0 Å². The van der Waals surface area contributed by atoms with Crippen LogP contribution in [-0.2, 0) is 24.2 Å². The van der Waals surface area contributed by atoms with E-state index in [1.54, 1.807) is 11.3 Å². The molecule has 26 heavy (non-hydrogen) atoms. The fourth-order valence-electron chi connectivity index (χ4n) is 3.21. The summed E-state index contributed by atoms with van der Waals surface area (Å²) in [5.41, 5.74) is 8.63. The average Bonchev–Trinajstić information content (AvgIpc) is 3.04. The van der Waals surface area contributed by atoms with E-state index in [1.165, 1.54) is 35.0 Å². The molecule has 134 valence electrons. The summed E-state index contributed by atoms with van der Waals surface area (Å²) in [5.74, 6) is 0.788. The summed E-state index contributed by atoms with van der Waals surface area (Å²) in [7, 11) is 0. The van der Waals surface area contributed by atoms with E-state index >= 15 is 0 Å². The summed E-state index contributed by atoms with van der Waals surface area (Å²) < 4.78 is 0. The number of nitrogens with one attached hydrogen (secondary N) is 1. The molecule has 3 aromatic rings. The quantitative estimate of drug-likeness (QED) is 0.519. The van der Waals surface area contributed by atoms with Gasteiger partial charge in [0.05, 0.1) is 11.1 Å². The molecule has 3 N–H and O–H groups in total. The first-order valence-corrected chi connectivity index (χ1v) is 10.5. The van der Waals surface area contributed by atoms with E-state index in [0.717, 1.165) is 28.6 Å². The number of aryl methyl sites for hydroxylation is 2. The third-order valence-electron chi connectivity index (χ3n) is 4.49. The fraction of sp³-hybridized carbons (Fsp3) is 0.316. The molecule has 0 fully saturated rings. The Kier molecular flexibility index (Phi) is 5.08. The largest absolute Gasteiger partial charge is 0.383 e. The zero-order valence-electron chi connectivity index (χ0n) is 14.3. The van der Waals surface area contributed by atoms with Crippen LogP contribution in [0.4, 0.5) is 5.82 Å². The molecule has 2 heterocycles. The summed E-state index contributed by atoms with van der Waals surface area (Å²) in [5, 5.41) is 4.52. The van der Waals surface area contributed by atoms with Crippen LogP contribution in [0, 0.1) is 0 Å². The smallest absolute Gasteiger partial charge is 0.230 e. The van der Waals surface area contributed by atoms with Crippen LogP contribution in [0.1, 0.15) is 28.8 Å². The maximum Gasteiger partial charge on any atom is 0.230 e. The summed E-state index contributed by atoms with van der Waals surface area (Å²) in [6.07, 6.45) is 4.62. The highest BCUT2D eigenvalue weighted by Gasteiger charge is 2.20. The molecule has 1 aliphatic carbocycles. The van der Waals surface area contributed by atoms with Crippen molar-refractivity contribution in [2.75, 3.05) is 11.5 Å². The number of nitrogens with zero attached hydrogens (tertiary/aromatic N) is 2. The normalized spacial score (nSPS) is 13.5. The highest BCUT2D eigenvalue weighted by molar-refractivity contribution is 7.99. The zero-order valence-corrected chi connectivity index (χ0v) is 16.0. The van der Waals surface area contributed by atoms with Gasteiger partial charge in [0.25, 0.3) is 0 Å². The maximum absolute atomic E-state index is 12.1. The van der Waals surface area contributed by atoms with Gasteiger partial charge in [-0.3, -0.25) is 4.79 Å². The number of nitrogen functional groups attached to an aromatic ring is 1. The van der Waals surface area contributed by atoms with Gasteiger partial charge in [0.15, 0.2) is 5.16 Å². The summed E-state index contributed by atoms with van der Waals surface area (Å²) >= 11 is 3.06. The number of hydrogen-bond donors (Lipinski definition) is 2. The second kappa shape index (κ2) is 7.63. The number of carbonyl (C=O) groups excluding carboxylic acids is 1. The standard InChI is InChI=1S/C19H20N4OS2/c20-17-16-13-8-4-5-9-14(13)26-18(16)23-19(22-17)25-11-15(24)21-10-12-6-2-1-3-7-12/h1-3,6-7H,4-5,8-11H2,(H,21,24)(H2,20,22,23). The van der Waals surface area contributed by atoms with Crippen molar-refractivity contribution < 1.29 is 4.79 Å². The minimum Gasteiger partial charge on any atom is -0.383 e. The predicted molar refractivity (Wildman–Crippen MR) is 107 cm³/mol. The number of thioether (sulfide) groups is 1. The molecule has 1 aliphatic rings. The third kappa shape index (κ3) is 3.68. The van der Waals surface area contributed by atoms with Crippen LogP contribution in [0.3, 0.4) is 0 Å². The molecule has 0 atom stereocenters. The molecule has 0 unspecified atom stereocenters. The Morgan fingerprint density at radius 3 is 2.85 bits per heavy atom. The van der Waals surface area contributed by atoms with Crippen molar-refractivity contribution in [3.05, 3.63) is 46.3 Å². The van der Waals surface area contributed by atoms with E-state index in [-0.39, 0.29) is 11.7 Å². The Balaban J connectivity index is 1.42. The fourth-order valence-corrected chi connectivity index (χ4v) is 5.22. The molecular formula is C19H20N4OS2. The van der Waals surface area contributed by atoms with E-state index < -0.39 is 0 Å². The lowest BCUT2D eigenvalue weighted by molar-refractivity contribution is -0.118. The number of carbonyl (C=O) groups is 1. The summed E-state index contributed by atoms with van der Waals surface area (Å²) in [6, 6.07) is 9.86. The number of anilines is 1. The molecule has 1 amide bonds. The number of rotatable bonds is 5. The van der Waals surface area contributed by atoms with Crippen LogP contribution in [-0.4, -0.2) is 21.6 Å². The van der Waals surface area contributed by atoms with E-state index in [0.29, 0.717) is 17.5 Å². The Bertz CT molecular complexity index is 940. The van der Waals surface area contributed by atoms with Crippen LogP contribution < -0.4 is 11.1 Å². The molecule has 0 aliphatic heterocycles. The number of benzene rings is 1. The van der Waals surface area contributed by atoms with Crippen molar-refractivity contribution in [2.24, 2.45) is 0 Å². The number of aromatic nitrogens is 2. The van der Waals surface area contributed by atoms with Gasteiger partial charge in [-0.15, -0.1) is 11.3 Å². The van der Waals surface area contributed by atoms with E-state index in [9.17, 15) is 4.79 Å². The minimum absolute atomic E-state index is 0.0356. The third-order valence-corrected chi connectivity index (χ3v) is 6.52. The molecular weight excluding hydrogens is 364 g/mol. The Morgan fingerprint density at radius 1 is 1.19 bits per heavy atom. The second-order valence-corrected chi connectivity index (χ2v) is 8.36. The predicted octanol–water partition coefficient (Wildman–Crippen LogP) is 3.56. The van der Waals surface area contributed by atoms with E-state index in [1.807, 2.05) is 30.3 Å². The Labute approximate surface area is 160 Å². The first-order chi connectivity index (χ1) is 12.7. The molecule has 0 radical (unpaired) electrons. The number of fused-ring (bicyclic) bond motifs is 3. The molecule has 1 aromatic carbocycles. The van der Waals surface area contributed by atoms with Gasteiger partial charge >= 0.3 is 0 Å². The van der Waals surface area contributed by atoms with E-state index in [4.69, 9.17) is 5.73 Å². The zero-order chi connectivity index (χ0) is 17.9. The van der Waals surface area contributed by atoms with Crippen LogP contribution in [0.2, 0.25) is 0 Å². The summed E-state index contributed by atoms with van der Waals surface area (Å²) in [6.45, 7) is 0.528. The van der Waals surface area contributed by atoms with E-state index in [2.05, 4.69) is 15.3 Å². The van der Waals surface area contributed by atoms with Gasteiger partial charge in [-0.05, 0) is 36.8 Å². The molecule has 4 rings (SSSR count). The molecule has 0 spiro atoms. The van der Waals surface area contributed by atoms with Crippen molar-refractivity contribution >= 4 is 45.0 Å². The summed E-state index contributed by atoms with van der Waals surface area (Å²) in [4.78, 5) is 23.5. The highest BCUT2D eigenvalue weighted by Crippen LogP contribution is 2.38. The average molecular weight is 385 g/mol. The van der Waals surface area contributed by atoms with Crippen LogP contribution >= 0.6 is 23.1 Å². The Hall–Kier alpha value is -2.12. The first kappa shape index (κ1) is 17.3. The lowest BCUT2D eigenvalue weighted by Gasteiger charge is -2.10. The van der Waals surface area contributed by atoms with Gasteiger partial charge in [0.2, 0.25) is 5.91 Å². The molecule has 0 bridgehead atoms. The first-order valence-electron chi connectivity index (χ1n) is 8.72. The monoisotopic (exact) mass is 384 g/mol. The molecule has 2 aromatic heterocycles. The second-order valence-electron chi connectivity index (χ2n) is 6.33. The number of amides is 1. The number of thiophene rings is 1. The lowest BCUT2D eigenvalue weighted by atomic mass is 9.97. The van der Waals surface area contributed by atoms with Crippen molar-refractivity contribution in [1.82, 2.24) is 15.3 Å². The topological polar surface area (TPSA) is 80.9 Å². The molecule has 0 saturated carbocycles. The highest BCUT2D eigenvalue weighted by atomic mass is 32.2. The van der Waals surface area contributed by atoms with Gasteiger partial charge in [0.1, 0.15) is 10.6 Å². The van der Waals surface area contributed by atoms with Crippen LogP contribution in [0.15, 0.2) is 35.5 Å². The van der Waals surface area contributed by atoms with Crippen molar-refractivity contribution in [3.8, 4) is 0 Å². The maximum atomic E-state index is 12.1. The van der Waals surface area contributed by atoms with Gasteiger partial charge in [-0.2, -0.15) is 0 Å². The lowest BCUT2D eigenvalue weighted by Crippen LogP contribution is -2.24.